The third kappa shape index (κ3) is 5.88. The summed E-state index contributed by atoms with van der Waals surface area (Å²) in [5.41, 5.74) is 6.62. The fourth-order valence-corrected chi connectivity index (χ4v) is 5.77. The van der Waals surface area contributed by atoms with E-state index < -0.39 is 0 Å². The highest BCUT2D eigenvalue weighted by atomic mass is 16.1. The highest BCUT2D eigenvalue weighted by Crippen LogP contribution is 2.38. The summed E-state index contributed by atoms with van der Waals surface area (Å²) in [7, 11) is 0. The number of rotatable bonds is 10. The maximum absolute atomic E-state index is 13.3. The Labute approximate surface area is 199 Å². The van der Waals surface area contributed by atoms with Gasteiger partial charge in [0.25, 0.3) is 0 Å². The molecule has 0 aliphatic heterocycles. The van der Waals surface area contributed by atoms with Crippen molar-refractivity contribution in [2.75, 3.05) is 0 Å². The van der Waals surface area contributed by atoms with E-state index in [0.29, 0.717) is 6.42 Å². The zero-order valence-corrected chi connectivity index (χ0v) is 20.9. The normalized spacial score (nSPS) is 17.4. The van der Waals surface area contributed by atoms with Gasteiger partial charge >= 0.3 is 0 Å². The first-order valence-corrected chi connectivity index (χ1v) is 12.5. The van der Waals surface area contributed by atoms with Crippen molar-refractivity contribution in [3.8, 4) is 11.1 Å². The van der Waals surface area contributed by atoms with Gasteiger partial charge in [0.2, 0.25) is 0 Å². The molecule has 3 rings (SSSR count). The molecule has 0 radical (unpaired) electrons. The molecule has 3 nitrogen and oxygen atoms in total. The van der Waals surface area contributed by atoms with Crippen LogP contribution in [-0.2, 0) is 16.0 Å². The maximum Gasteiger partial charge on any atom is 0.163 e. The van der Waals surface area contributed by atoms with Gasteiger partial charge in [0, 0.05) is 17.9 Å². The molecule has 33 heavy (non-hydrogen) atoms. The van der Waals surface area contributed by atoms with Gasteiger partial charge in [-0.3, -0.25) is 14.4 Å². The van der Waals surface area contributed by atoms with Gasteiger partial charge in [-0.25, -0.2) is 0 Å². The minimum Gasteiger partial charge on any atom is -0.300 e. The highest BCUT2D eigenvalue weighted by Gasteiger charge is 2.33. The largest absolute Gasteiger partial charge is 0.300 e. The average Bonchev–Trinajstić information content (AvgIpc) is 2.74. The number of hydrogen-bond donors (Lipinski definition) is 0. The van der Waals surface area contributed by atoms with Crippen molar-refractivity contribution in [3.05, 3.63) is 58.7 Å². The molecule has 0 heterocycles. The molecule has 0 spiro atoms. The van der Waals surface area contributed by atoms with Crippen LogP contribution in [0.25, 0.3) is 11.1 Å². The van der Waals surface area contributed by atoms with Crippen LogP contribution < -0.4 is 0 Å². The maximum atomic E-state index is 13.3. The summed E-state index contributed by atoms with van der Waals surface area (Å²) in [4.78, 5) is 37.6. The Morgan fingerprint density at radius 1 is 1.00 bits per heavy atom. The summed E-state index contributed by atoms with van der Waals surface area (Å²) >= 11 is 0. The van der Waals surface area contributed by atoms with Crippen molar-refractivity contribution < 1.29 is 14.4 Å². The van der Waals surface area contributed by atoms with Crippen molar-refractivity contribution in [2.45, 2.75) is 79.6 Å². The molecule has 0 bridgehead atoms. The van der Waals surface area contributed by atoms with E-state index in [1.165, 1.54) is 12.5 Å². The fourth-order valence-electron chi connectivity index (χ4n) is 5.77. The summed E-state index contributed by atoms with van der Waals surface area (Å²) in [5.74, 6) is 0.645. The number of ketones is 3. The molecule has 3 atom stereocenters. The SMILES string of the molecule is CCCC(CC1CC(=O)c2c(ccc(-c3ccc(C)cc3)c2C)C1)C(CC)C(=O)CC(C)=O. The smallest absolute Gasteiger partial charge is 0.163 e. The van der Waals surface area contributed by atoms with Crippen LogP contribution in [0, 0.1) is 31.6 Å². The molecule has 2 aromatic rings. The van der Waals surface area contributed by atoms with E-state index in [4.69, 9.17) is 0 Å². The number of carbonyl (C=O) groups excluding carboxylic acids is 3. The fraction of sp³-hybridized carbons (Fsp3) is 0.500. The third-order valence-corrected chi connectivity index (χ3v) is 7.32. The van der Waals surface area contributed by atoms with E-state index in [9.17, 15) is 14.4 Å². The quantitative estimate of drug-likeness (QED) is 0.366. The second-order valence-corrected chi connectivity index (χ2v) is 9.98. The van der Waals surface area contributed by atoms with E-state index in [0.717, 1.165) is 59.9 Å². The van der Waals surface area contributed by atoms with Gasteiger partial charge < -0.3 is 0 Å². The van der Waals surface area contributed by atoms with Crippen molar-refractivity contribution in [3.63, 3.8) is 0 Å². The van der Waals surface area contributed by atoms with Crippen LogP contribution >= 0.6 is 0 Å². The van der Waals surface area contributed by atoms with Gasteiger partial charge in [0.15, 0.2) is 5.78 Å². The second-order valence-electron chi connectivity index (χ2n) is 9.98. The topological polar surface area (TPSA) is 51.2 Å². The van der Waals surface area contributed by atoms with E-state index in [1.54, 1.807) is 0 Å². The number of benzene rings is 2. The molecule has 0 N–H and O–H groups in total. The highest BCUT2D eigenvalue weighted by molar-refractivity contribution is 6.02. The van der Waals surface area contributed by atoms with E-state index in [1.807, 2.05) is 6.92 Å². The zero-order chi connectivity index (χ0) is 24.1. The first-order valence-electron chi connectivity index (χ1n) is 12.5. The molecule has 0 saturated heterocycles. The average molecular weight is 447 g/mol. The Bertz CT molecular complexity index is 1020. The summed E-state index contributed by atoms with van der Waals surface area (Å²) in [6.07, 6.45) is 5.06. The summed E-state index contributed by atoms with van der Waals surface area (Å²) in [6, 6.07) is 12.8. The van der Waals surface area contributed by atoms with Crippen LogP contribution in [0.1, 0.15) is 86.3 Å². The van der Waals surface area contributed by atoms with Crippen LogP contribution in [0.5, 0.6) is 0 Å². The predicted octanol–water partition coefficient (Wildman–Crippen LogP) is 7.10. The monoisotopic (exact) mass is 446 g/mol. The molecule has 2 aromatic carbocycles. The van der Waals surface area contributed by atoms with Gasteiger partial charge in [-0.05, 0) is 74.1 Å². The van der Waals surface area contributed by atoms with Crippen molar-refractivity contribution in [1.82, 2.24) is 0 Å². The number of hydrogen-bond acceptors (Lipinski definition) is 3. The Hall–Kier alpha value is -2.55. The van der Waals surface area contributed by atoms with E-state index >= 15 is 0 Å². The number of Topliss-reactive ketones (excluding diaryl/α,β-unsaturated/α-hetero) is 3. The van der Waals surface area contributed by atoms with Crippen molar-refractivity contribution in [1.29, 1.82) is 0 Å². The molecule has 1 aliphatic rings. The minimum absolute atomic E-state index is 0.0339. The number of carbonyl (C=O) groups is 3. The molecule has 0 amide bonds. The first-order chi connectivity index (χ1) is 15.7. The lowest BCUT2D eigenvalue weighted by molar-refractivity contribution is -0.129. The zero-order valence-electron chi connectivity index (χ0n) is 20.9. The van der Waals surface area contributed by atoms with Crippen LogP contribution in [0.4, 0.5) is 0 Å². The molecule has 0 aromatic heterocycles. The van der Waals surface area contributed by atoms with Crippen LogP contribution in [0.2, 0.25) is 0 Å². The Morgan fingerprint density at radius 3 is 2.30 bits per heavy atom. The van der Waals surface area contributed by atoms with Gasteiger partial charge in [0.1, 0.15) is 11.6 Å². The molecule has 3 heteroatoms. The van der Waals surface area contributed by atoms with Gasteiger partial charge in [0.05, 0.1) is 6.42 Å². The van der Waals surface area contributed by atoms with Crippen LogP contribution in [0.3, 0.4) is 0 Å². The molecule has 3 unspecified atom stereocenters. The lowest BCUT2D eigenvalue weighted by Crippen LogP contribution is -2.29. The Balaban J connectivity index is 1.82. The van der Waals surface area contributed by atoms with Crippen molar-refractivity contribution >= 4 is 17.3 Å². The summed E-state index contributed by atoms with van der Waals surface area (Å²) < 4.78 is 0. The molecule has 0 fully saturated rings. The van der Waals surface area contributed by atoms with E-state index in [2.05, 4.69) is 57.2 Å². The molecule has 0 saturated carbocycles. The van der Waals surface area contributed by atoms with Crippen LogP contribution in [0.15, 0.2) is 36.4 Å². The third-order valence-electron chi connectivity index (χ3n) is 7.32. The van der Waals surface area contributed by atoms with Gasteiger partial charge in [-0.1, -0.05) is 68.7 Å². The minimum atomic E-state index is -0.0870. The molecule has 176 valence electrons. The Kier molecular flexibility index (Phi) is 8.40. The number of fused-ring (bicyclic) bond motifs is 1. The lowest BCUT2D eigenvalue weighted by Gasteiger charge is -2.32. The standard InChI is InChI=1S/C30H38O3/c1-6-8-24(26(7-2)28(32)15-20(4)31)16-22-17-25-13-14-27(21(5)30(25)29(33)18-22)23-11-9-19(3)10-12-23/h9-14,22,24,26H,6-8,15-18H2,1-5H3. The predicted molar refractivity (Wildman–Crippen MR) is 135 cm³/mol. The van der Waals surface area contributed by atoms with Gasteiger partial charge in [-0.2, -0.15) is 0 Å². The van der Waals surface area contributed by atoms with E-state index in [-0.39, 0.29) is 41.5 Å². The molecular formula is C30H38O3. The van der Waals surface area contributed by atoms with Gasteiger partial charge in [-0.15, -0.1) is 0 Å². The summed E-state index contributed by atoms with van der Waals surface area (Å²) in [5, 5.41) is 0. The first kappa shape index (κ1) is 25.1. The Morgan fingerprint density at radius 2 is 1.70 bits per heavy atom. The summed E-state index contributed by atoms with van der Waals surface area (Å²) in [6.45, 7) is 9.83. The van der Waals surface area contributed by atoms with Crippen molar-refractivity contribution in [2.24, 2.45) is 17.8 Å². The molecule has 1 aliphatic carbocycles. The molecular weight excluding hydrogens is 408 g/mol. The second kappa shape index (κ2) is 11.0. The van der Waals surface area contributed by atoms with Crippen LogP contribution in [-0.4, -0.2) is 17.3 Å². The number of aryl methyl sites for hydroxylation is 1. The lowest BCUT2D eigenvalue weighted by atomic mass is 9.71.